The predicted molar refractivity (Wildman–Crippen MR) is 60.0 cm³/mol. The van der Waals surface area contributed by atoms with Gasteiger partial charge < -0.3 is 5.73 Å². The standard InChI is InChI=1S/C9H15N3OS/c1-13-12-8-4-2-3-5-9(8)14-11-7-6-10/h2-5,11-12H,6-7,10H2,1H3. The van der Waals surface area contributed by atoms with Crippen LogP contribution in [0.4, 0.5) is 5.69 Å². The van der Waals surface area contributed by atoms with Gasteiger partial charge in [0.05, 0.1) is 12.8 Å². The zero-order valence-electron chi connectivity index (χ0n) is 8.12. The molecule has 0 aliphatic heterocycles. The molecule has 1 rings (SSSR count). The lowest BCUT2D eigenvalue weighted by molar-refractivity contribution is 0.270. The summed E-state index contributed by atoms with van der Waals surface area (Å²) in [6.07, 6.45) is 0. The Kier molecular flexibility index (Phi) is 5.39. The molecule has 0 spiro atoms. The highest BCUT2D eigenvalue weighted by Gasteiger charge is 2.00. The first kappa shape index (κ1) is 11.3. The van der Waals surface area contributed by atoms with E-state index in [-0.39, 0.29) is 0 Å². The summed E-state index contributed by atoms with van der Waals surface area (Å²) in [6.45, 7) is 1.42. The second kappa shape index (κ2) is 6.67. The Morgan fingerprint density at radius 1 is 1.43 bits per heavy atom. The van der Waals surface area contributed by atoms with Crippen molar-refractivity contribution < 1.29 is 4.84 Å². The molecular formula is C9H15N3OS. The Bertz CT molecular complexity index is 270. The largest absolute Gasteiger partial charge is 0.329 e. The summed E-state index contributed by atoms with van der Waals surface area (Å²) in [4.78, 5) is 5.94. The van der Waals surface area contributed by atoms with Crippen molar-refractivity contribution in [2.24, 2.45) is 5.73 Å². The Labute approximate surface area is 88.3 Å². The van der Waals surface area contributed by atoms with E-state index in [0.29, 0.717) is 6.54 Å². The molecule has 1 aromatic carbocycles. The number of anilines is 1. The van der Waals surface area contributed by atoms with E-state index in [9.17, 15) is 0 Å². The lowest BCUT2D eigenvalue weighted by Gasteiger charge is -2.09. The topological polar surface area (TPSA) is 59.3 Å². The molecule has 14 heavy (non-hydrogen) atoms. The molecule has 1 aromatic rings. The first-order valence-electron chi connectivity index (χ1n) is 4.36. The van der Waals surface area contributed by atoms with Crippen LogP contribution in [-0.4, -0.2) is 20.2 Å². The van der Waals surface area contributed by atoms with Crippen LogP contribution in [0.2, 0.25) is 0 Å². The Balaban J connectivity index is 2.55. The molecule has 78 valence electrons. The Hall–Kier alpha value is -0.750. The van der Waals surface area contributed by atoms with Crippen LogP contribution in [0.1, 0.15) is 0 Å². The molecule has 4 N–H and O–H groups in total. The minimum atomic E-state index is 0.632. The van der Waals surface area contributed by atoms with Crippen LogP contribution >= 0.6 is 11.9 Å². The first-order valence-corrected chi connectivity index (χ1v) is 5.18. The summed E-state index contributed by atoms with van der Waals surface area (Å²) < 4.78 is 3.15. The zero-order valence-corrected chi connectivity index (χ0v) is 8.93. The van der Waals surface area contributed by atoms with Crippen molar-refractivity contribution in [2.75, 3.05) is 25.7 Å². The van der Waals surface area contributed by atoms with Gasteiger partial charge in [0.15, 0.2) is 0 Å². The maximum atomic E-state index is 5.37. The highest BCUT2D eigenvalue weighted by atomic mass is 32.2. The van der Waals surface area contributed by atoms with Crippen molar-refractivity contribution in [1.82, 2.24) is 4.72 Å². The van der Waals surface area contributed by atoms with Gasteiger partial charge in [-0.25, -0.2) is 0 Å². The smallest absolute Gasteiger partial charge is 0.0753 e. The van der Waals surface area contributed by atoms with Crippen LogP contribution in [0.5, 0.6) is 0 Å². The van der Waals surface area contributed by atoms with Gasteiger partial charge in [-0.2, -0.15) is 0 Å². The average molecular weight is 213 g/mol. The van der Waals surface area contributed by atoms with Crippen LogP contribution in [0.25, 0.3) is 0 Å². The average Bonchev–Trinajstić information content (AvgIpc) is 2.21. The van der Waals surface area contributed by atoms with E-state index >= 15 is 0 Å². The molecule has 0 aliphatic rings. The summed E-state index contributed by atoms with van der Waals surface area (Å²) in [7, 11) is 1.59. The summed E-state index contributed by atoms with van der Waals surface area (Å²) in [5, 5.41) is 0. The number of para-hydroxylation sites is 1. The van der Waals surface area contributed by atoms with Crippen molar-refractivity contribution in [1.29, 1.82) is 0 Å². The molecule has 0 bridgehead atoms. The minimum Gasteiger partial charge on any atom is -0.329 e. The third-order valence-corrected chi connectivity index (χ3v) is 2.45. The van der Waals surface area contributed by atoms with Gasteiger partial charge >= 0.3 is 0 Å². The SMILES string of the molecule is CONc1ccccc1SNCCN. The Morgan fingerprint density at radius 3 is 2.93 bits per heavy atom. The second-order valence-electron chi connectivity index (χ2n) is 2.59. The molecule has 4 nitrogen and oxygen atoms in total. The maximum absolute atomic E-state index is 5.37. The quantitative estimate of drug-likeness (QED) is 0.377. The van der Waals surface area contributed by atoms with Gasteiger partial charge in [-0.1, -0.05) is 12.1 Å². The number of benzene rings is 1. The van der Waals surface area contributed by atoms with Gasteiger partial charge in [-0.15, -0.1) is 0 Å². The van der Waals surface area contributed by atoms with Crippen LogP contribution in [0.15, 0.2) is 29.2 Å². The molecule has 0 aromatic heterocycles. The van der Waals surface area contributed by atoms with E-state index in [4.69, 9.17) is 10.6 Å². The lowest BCUT2D eigenvalue weighted by Crippen LogP contribution is -2.16. The summed E-state index contributed by atoms with van der Waals surface area (Å²) >= 11 is 1.54. The molecular weight excluding hydrogens is 198 g/mol. The molecule has 5 heteroatoms. The molecule has 0 fully saturated rings. The van der Waals surface area contributed by atoms with Crippen LogP contribution in [0, 0.1) is 0 Å². The monoisotopic (exact) mass is 213 g/mol. The maximum Gasteiger partial charge on any atom is 0.0753 e. The molecule has 0 unspecified atom stereocenters. The van der Waals surface area contributed by atoms with E-state index in [0.717, 1.165) is 17.1 Å². The minimum absolute atomic E-state index is 0.632. The molecule has 0 saturated heterocycles. The number of nitrogens with two attached hydrogens (primary N) is 1. The highest BCUT2D eigenvalue weighted by molar-refractivity contribution is 7.97. The molecule has 0 radical (unpaired) electrons. The van der Waals surface area contributed by atoms with Gasteiger partial charge in [0.25, 0.3) is 0 Å². The number of hydrogen-bond acceptors (Lipinski definition) is 5. The fourth-order valence-corrected chi connectivity index (χ4v) is 1.68. The normalized spacial score (nSPS) is 10.1. The van der Waals surface area contributed by atoms with Crippen molar-refractivity contribution in [3.05, 3.63) is 24.3 Å². The Morgan fingerprint density at radius 2 is 2.21 bits per heavy atom. The van der Waals surface area contributed by atoms with Crippen molar-refractivity contribution >= 4 is 17.6 Å². The summed E-state index contributed by atoms with van der Waals surface area (Å²) in [5.74, 6) is 0. The van der Waals surface area contributed by atoms with Crippen LogP contribution in [0.3, 0.4) is 0 Å². The highest BCUT2D eigenvalue weighted by Crippen LogP contribution is 2.24. The lowest BCUT2D eigenvalue weighted by atomic mass is 10.3. The molecule has 0 heterocycles. The molecule has 0 atom stereocenters. The summed E-state index contributed by atoms with van der Waals surface area (Å²) in [6, 6.07) is 7.90. The van der Waals surface area contributed by atoms with Gasteiger partial charge in [0, 0.05) is 18.0 Å². The van der Waals surface area contributed by atoms with Gasteiger partial charge in [0.2, 0.25) is 0 Å². The number of rotatable bonds is 6. The van der Waals surface area contributed by atoms with E-state index < -0.39 is 0 Å². The van der Waals surface area contributed by atoms with E-state index in [1.165, 1.54) is 11.9 Å². The third-order valence-electron chi connectivity index (χ3n) is 1.53. The fourth-order valence-electron chi connectivity index (χ4n) is 0.938. The molecule has 0 aliphatic carbocycles. The molecule has 0 saturated carbocycles. The van der Waals surface area contributed by atoms with E-state index in [2.05, 4.69) is 10.2 Å². The van der Waals surface area contributed by atoms with Crippen LogP contribution < -0.4 is 15.9 Å². The van der Waals surface area contributed by atoms with Crippen molar-refractivity contribution in [3.63, 3.8) is 0 Å². The van der Waals surface area contributed by atoms with Gasteiger partial charge in [-0.3, -0.25) is 15.0 Å². The number of nitrogens with one attached hydrogen (secondary N) is 2. The third kappa shape index (κ3) is 3.55. The summed E-state index contributed by atoms with van der Waals surface area (Å²) in [5.41, 5.74) is 9.13. The van der Waals surface area contributed by atoms with Gasteiger partial charge in [0.1, 0.15) is 0 Å². The van der Waals surface area contributed by atoms with Crippen molar-refractivity contribution in [3.8, 4) is 0 Å². The van der Waals surface area contributed by atoms with E-state index in [1.807, 2.05) is 24.3 Å². The first-order chi connectivity index (χ1) is 6.88. The van der Waals surface area contributed by atoms with Gasteiger partial charge in [-0.05, 0) is 24.1 Å². The van der Waals surface area contributed by atoms with Crippen molar-refractivity contribution in [2.45, 2.75) is 4.90 Å². The number of hydrogen-bond donors (Lipinski definition) is 3. The zero-order chi connectivity index (χ0) is 10.2. The fraction of sp³-hybridized carbons (Fsp3) is 0.333. The molecule has 0 amide bonds. The van der Waals surface area contributed by atoms with Crippen LogP contribution in [-0.2, 0) is 4.84 Å². The van der Waals surface area contributed by atoms with E-state index in [1.54, 1.807) is 7.11 Å². The predicted octanol–water partition coefficient (Wildman–Crippen LogP) is 1.22. The second-order valence-corrected chi connectivity index (χ2v) is 3.52.